The number of methoxy groups -OCH3 is 1. The molecule has 0 aromatic heterocycles. The number of anilines is 1. The number of likely N-dealkylation sites (tertiary alicyclic amines) is 1. The first-order chi connectivity index (χ1) is 14.5. The zero-order valence-corrected chi connectivity index (χ0v) is 17.4. The second kappa shape index (κ2) is 10.2. The van der Waals surface area contributed by atoms with Crippen LogP contribution in [0.25, 0.3) is 0 Å². The summed E-state index contributed by atoms with van der Waals surface area (Å²) in [5.41, 5.74) is 2.62. The zero-order valence-electron chi connectivity index (χ0n) is 17.4. The molecular formula is C23H28FN3O3. The van der Waals surface area contributed by atoms with Crippen LogP contribution in [0.2, 0.25) is 0 Å². The topological polar surface area (TPSA) is 70.7 Å². The molecule has 0 spiro atoms. The molecule has 160 valence electrons. The van der Waals surface area contributed by atoms with Crippen molar-refractivity contribution in [2.75, 3.05) is 32.1 Å². The molecule has 30 heavy (non-hydrogen) atoms. The molecule has 1 heterocycles. The van der Waals surface area contributed by atoms with E-state index in [0.29, 0.717) is 37.4 Å². The lowest BCUT2D eigenvalue weighted by atomic mass is 10.1. The molecule has 0 saturated carbocycles. The van der Waals surface area contributed by atoms with Gasteiger partial charge in [0.2, 0.25) is 11.8 Å². The molecule has 7 heteroatoms. The second-order valence-corrected chi connectivity index (χ2v) is 7.55. The number of halogens is 1. The third kappa shape index (κ3) is 5.79. The Morgan fingerprint density at radius 2 is 1.97 bits per heavy atom. The van der Waals surface area contributed by atoms with Gasteiger partial charge in [0.05, 0.1) is 25.4 Å². The maximum absolute atomic E-state index is 13.0. The molecule has 1 atom stereocenters. The van der Waals surface area contributed by atoms with Gasteiger partial charge in [0.25, 0.3) is 0 Å². The number of carbonyl (C=O) groups is 2. The summed E-state index contributed by atoms with van der Waals surface area (Å²) in [5, 5.41) is 5.83. The van der Waals surface area contributed by atoms with Crippen molar-refractivity contribution in [1.29, 1.82) is 0 Å². The van der Waals surface area contributed by atoms with Gasteiger partial charge < -0.3 is 15.4 Å². The molecule has 1 fully saturated rings. The van der Waals surface area contributed by atoms with Gasteiger partial charge >= 0.3 is 0 Å². The first kappa shape index (κ1) is 21.8. The van der Waals surface area contributed by atoms with Crippen molar-refractivity contribution >= 4 is 17.5 Å². The molecule has 2 aromatic rings. The highest BCUT2D eigenvalue weighted by Gasteiger charge is 2.32. The number of nitrogens with zero attached hydrogens (tertiary/aromatic N) is 1. The SMILES string of the molecule is COc1ccc(C)cc1NC(=O)C1CCCN1CC(=O)NCCc1ccc(F)cc1. The number of hydrogen-bond donors (Lipinski definition) is 2. The number of nitrogens with one attached hydrogen (secondary N) is 2. The Labute approximate surface area is 176 Å². The van der Waals surface area contributed by atoms with Gasteiger partial charge in [0, 0.05) is 6.54 Å². The smallest absolute Gasteiger partial charge is 0.241 e. The summed E-state index contributed by atoms with van der Waals surface area (Å²) >= 11 is 0. The molecule has 0 radical (unpaired) electrons. The van der Waals surface area contributed by atoms with E-state index in [-0.39, 0.29) is 30.2 Å². The average Bonchev–Trinajstić information content (AvgIpc) is 3.18. The van der Waals surface area contributed by atoms with Crippen LogP contribution in [0.15, 0.2) is 42.5 Å². The van der Waals surface area contributed by atoms with Crippen LogP contribution in [0.4, 0.5) is 10.1 Å². The van der Waals surface area contributed by atoms with E-state index in [4.69, 9.17) is 4.74 Å². The van der Waals surface area contributed by atoms with Crippen molar-refractivity contribution in [1.82, 2.24) is 10.2 Å². The lowest BCUT2D eigenvalue weighted by Gasteiger charge is -2.23. The average molecular weight is 413 g/mol. The number of aryl methyl sites for hydroxylation is 1. The van der Waals surface area contributed by atoms with Gasteiger partial charge in [-0.25, -0.2) is 4.39 Å². The number of ether oxygens (including phenoxy) is 1. The van der Waals surface area contributed by atoms with Gasteiger partial charge in [-0.05, 0) is 68.1 Å². The molecule has 2 amide bonds. The highest BCUT2D eigenvalue weighted by atomic mass is 19.1. The molecule has 1 saturated heterocycles. The third-order valence-electron chi connectivity index (χ3n) is 5.27. The number of hydrogen-bond acceptors (Lipinski definition) is 4. The molecule has 3 rings (SSSR count). The van der Waals surface area contributed by atoms with E-state index in [1.165, 1.54) is 12.1 Å². The fourth-order valence-corrected chi connectivity index (χ4v) is 3.69. The summed E-state index contributed by atoms with van der Waals surface area (Å²) < 4.78 is 18.3. The van der Waals surface area contributed by atoms with Gasteiger partial charge in [0.1, 0.15) is 11.6 Å². The fourth-order valence-electron chi connectivity index (χ4n) is 3.69. The summed E-state index contributed by atoms with van der Waals surface area (Å²) in [4.78, 5) is 27.1. The number of amides is 2. The molecule has 0 aliphatic carbocycles. The Bertz CT molecular complexity index is 886. The Morgan fingerprint density at radius 3 is 2.70 bits per heavy atom. The Hall–Kier alpha value is -2.93. The van der Waals surface area contributed by atoms with Crippen LogP contribution in [0.5, 0.6) is 5.75 Å². The van der Waals surface area contributed by atoms with Gasteiger partial charge in [-0.15, -0.1) is 0 Å². The first-order valence-electron chi connectivity index (χ1n) is 10.2. The minimum Gasteiger partial charge on any atom is -0.495 e. The van der Waals surface area contributed by atoms with Gasteiger partial charge in [0.15, 0.2) is 0 Å². The van der Waals surface area contributed by atoms with Crippen molar-refractivity contribution < 1.29 is 18.7 Å². The van der Waals surface area contributed by atoms with Gasteiger partial charge in [-0.1, -0.05) is 18.2 Å². The number of benzene rings is 2. The summed E-state index contributed by atoms with van der Waals surface area (Å²) in [5.74, 6) is 0.0851. The fraction of sp³-hybridized carbons (Fsp3) is 0.391. The van der Waals surface area contributed by atoms with Crippen LogP contribution >= 0.6 is 0 Å². The first-order valence-corrected chi connectivity index (χ1v) is 10.2. The Kier molecular flexibility index (Phi) is 7.41. The summed E-state index contributed by atoms with van der Waals surface area (Å²) in [6.45, 7) is 3.30. The van der Waals surface area contributed by atoms with Crippen LogP contribution in [-0.4, -0.2) is 49.5 Å². The van der Waals surface area contributed by atoms with E-state index in [1.807, 2.05) is 30.0 Å². The number of carbonyl (C=O) groups excluding carboxylic acids is 2. The standard InChI is InChI=1S/C23H28FN3O3/c1-16-5-10-21(30-2)19(14-16)26-23(29)20-4-3-13-27(20)15-22(28)25-12-11-17-6-8-18(24)9-7-17/h5-10,14,20H,3-4,11-13,15H2,1-2H3,(H,25,28)(H,26,29). The predicted octanol–water partition coefficient (Wildman–Crippen LogP) is 2.90. The van der Waals surface area contributed by atoms with Crippen molar-refractivity contribution in [2.45, 2.75) is 32.2 Å². The largest absolute Gasteiger partial charge is 0.495 e. The van der Waals surface area contributed by atoms with E-state index in [2.05, 4.69) is 10.6 Å². The minimum atomic E-state index is -0.349. The van der Waals surface area contributed by atoms with Crippen LogP contribution in [0, 0.1) is 12.7 Å². The van der Waals surface area contributed by atoms with E-state index < -0.39 is 0 Å². The minimum absolute atomic E-state index is 0.120. The van der Waals surface area contributed by atoms with Gasteiger partial charge in [-0.3, -0.25) is 14.5 Å². The van der Waals surface area contributed by atoms with Gasteiger partial charge in [-0.2, -0.15) is 0 Å². The Balaban J connectivity index is 1.51. The van der Waals surface area contributed by atoms with Crippen molar-refractivity contribution in [3.63, 3.8) is 0 Å². The van der Waals surface area contributed by atoms with Crippen molar-refractivity contribution in [3.8, 4) is 5.75 Å². The predicted molar refractivity (Wildman–Crippen MR) is 114 cm³/mol. The van der Waals surface area contributed by atoms with E-state index in [9.17, 15) is 14.0 Å². The van der Waals surface area contributed by atoms with Crippen LogP contribution in [0.3, 0.4) is 0 Å². The second-order valence-electron chi connectivity index (χ2n) is 7.55. The summed E-state index contributed by atoms with van der Waals surface area (Å²) in [6.07, 6.45) is 2.21. The molecule has 0 bridgehead atoms. The lowest BCUT2D eigenvalue weighted by Crippen LogP contribution is -2.45. The Morgan fingerprint density at radius 1 is 1.20 bits per heavy atom. The van der Waals surface area contributed by atoms with E-state index >= 15 is 0 Å². The van der Waals surface area contributed by atoms with E-state index in [1.54, 1.807) is 19.2 Å². The van der Waals surface area contributed by atoms with E-state index in [0.717, 1.165) is 17.5 Å². The molecule has 6 nitrogen and oxygen atoms in total. The number of rotatable bonds is 8. The maximum atomic E-state index is 13.0. The highest BCUT2D eigenvalue weighted by Crippen LogP contribution is 2.27. The molecule has 2 aromatic carbocycles. The quantitative estimate of drug-likeness (QED) is 0.698. The zero-order chi connectivity index (χ0) is 21.5. The highest BCUT2D eigenvalue weighted by molar-refractivity contribution is 5.96. The van der Waals surface area contributed by atoms with Crippen molar-refractivity contribution in [3.05, 3.63) is 59.4 Å². The molecule has 2 N–H and O–H groups in total. The summed E-state index contributed by atoms with van der Waals surface area (Å²) in [7, 11) is 1.57. The lowest BCUT2D eigenvalue weighted by molar-refractivity contribution is -0.124. The van der Waals surface area contributed by atoms with Crippen LogP contribution in [-0.2, 0) is 16.0 Å². The molecule has 1 aliphatic heterocycles. The third-order valence-corrected chi connectivity index (χ3v) is 5.27. The molecule has 1 aliphatic rings. The monoisotopic (exact) mass is 413 g/mol. The van der Waals surface area contributed by atoms with Crippen molar-refractivity contribution in [2.24, 2.45) is 0 Å². The normalized spacial score (nSPS) is 16.3. The molecular weight excluding hydrogens is 385 g/mol. The molecule has 1 unspecified atom stereocenters. The summed E-state index contributed by atoms with van der Waals surface area (Å²) in [6, 6.07) is 11.5. The van der Waals surface area contributed by atoms with Crippen LogP contribution in [0.1, 0.15) is 24.0 Å². The maximum Gasteiger partial charge on any atom is 0.241 e. The van der Waals surface area contributed by atoms with Crippen LogP contribution < -0.4 is 15.4 Å².